The van der Waals surface area contributed by atoms with Gasteiger partial charge in [0.15, 0.2) is 0 Å². The monoisotopic (exact) mass is 423 g/mol. The number of likely N-dealkylation sites (N-methyl/N-ethyl adjacent to an activating group) is 1. The van der Waals surface area contributed by atoms with Crippen molar-refractivity contribution in [1.29, 1.82) is 0 Å². The fourth-order valence-corrected chi connectivity index (χ4v) is 3.39. The molecule has 7 nitrogen and oxygen atoms in total. The number of aliphatic hydroxyl groups excluding tert-OH is 1. The van der Waals surface area contributed by atoms with Gasteiger partial charge in [-0.2, -0.15) is 0 Å². The van der Waals surface area contributed by atoms with Gasteiger partial charge in [0.25, 0.3) is 5.91 Å². The molecule has 0 bridgehead atoms. The number of nitrogen functional groups attached to an aromatic ring is 1. The molecule has 7 heteroatoms. The Morgan fingerprint density at radius 2 is 1.87 bits per heavy atom. The number of rotatable bonds is 6. The number of nitrogens with one attached hydrogen (secondary N) is 1. The molecule has 1 heterocycles. The predicted octanol–water partition coefficient (Wildman–Crippen LogP) is 3.27. The van der Waals surface area contributed by atoms with Crippen LogP contribution < -0.4 is 5.73 Å². The van der Waals surface area contributed by atoms with Crippen molar-refractivity contribution in [3.8, 4) is 0 Å². The van der Waals surface area contributed by atoms with E-state index in [2.05, 4.69) is 4.98 Å². The Balaban J connectivity index is 1.70. The number of carbonyl (C=O) groups excluding carboxylic acids is 2. The number of aromatic amines is 1. The van der Waals surface area contributed by atoms with Crippen LogP contribution in [0.15, 0.2) is 48.7 Å². The van der Waals surface area contributed by atoms with Crippen LogP contribution in [0.5, 0.6) is 0 Å². The SMILES string of the molecule is CN(Cc1cc(C(=O)OC(C)(C)C)ccc1N)C(=O)C(O)Cc1c[nH]c2ccccc12. The molecule has 3 rings (SSSR count). The highest BCUT2D eigenvalue weighted by molar-refractivity contribution is 5.90. The van der Waals surface area contributed by atoms with Crippen LogP contribution in [0.4, 0.5) is 5.69 Å². The summed E-state index contributed by atoms with van der Waals surface area (Å²) in [6.07, 6.45) is 0.809. The first kappa shape index (κ1) is 22.4. The zero-order chi connectivity index (χ0) is 22.8. The van der Waals surface area contributed by atoms with Gasteiger partial charge < -0.3 is 25.5 Å². The molecule has 1 atom stereocenters. The third kappa shape index (κ3) is 5.44. The van der Waals surface area contributed by atoms with E-state index in [1.165, 1.54) is 4.90 Å². The number of anilines is 1. The summed E-state index contributed by atoms with van der Waals surface area (Å²) in [5.41, 5.74) is 8.70. The van der Waals surface area contributed by atoms with Crippen molar-refractivity contribution in [3.63, 3.8) is 0 Å². The first-order chi connectivity index (χ1) is 14.5. The number of nitrogens with two attached hydrogens (primary N) is 1. The molecule has 1 amide bonds. The molecule has 0 saturated heterocycles. The number of aromatic nitrogens is 1. The zero-order valence-corrected chi connectivity index (χ0v) is 18.3. The van der Waals surface area contributed by atoms with Crippen molar-refractivity contribution < 1.29 is 19.4 Å². The third-order valence-corrected chi connectivity index (χ3v) is 4.93. The van der Waals surface area contributed by atoms with Crippen LogP contribution in [-0.4, -0.2) is 45.6 Å². The molecule has 0 aliphatic carbocycles. The second-order valence-electron chi connectivity index (χ2n) is 8.69. The normalized spacial score (nSPS) is 12.5. The maximum absolute atomic E-state index is 12.8. The summed E-state index contributed by atoms with van der Waals surface area (Å²) < 4.78 is 5.40. The summed E-state index contributed by atoms with van der Waals surface area (Å²) in [5.74, 6) is -0.880. The number of carbonyl (C=O) groups is 2. The Morgan fingerprint density at radius 3 is 2.58 bits per heavy atom. The predicted molar refractivity (Wildman–Crippen MR) is 121 cm³/mol. The smallest absolute Gasteiger partial charge is 0.338 e. The minimum Gasteiger partial charge on any atom is -0.456 e. The second-order valence-corrected chi connectivity index (χ2v) is 8.69. The van der Waals surface area contributed by atoms with E-state index in [1.54, 1.807) is 46.0 Å². The first-order valence-corrected chi connectivity index (χ1v) is 10.1. The molecule has 31 heavy (non-hydrogen) atoms. The van der Waals surface area contributed by atoms with Gasteiger partial charge in [-0.3, -0.25) is 4.79 Å². The molecular weight excluding hydrogens is 394 g/mol. The fraction of sp³-hybridized carbons (Fsp3) is 0.333. The summed E-state index contributed by atoms with van der Waals surface area (Å²) in [6, 6.07) is 12.6. The number of amides is 1. The molecule has 164 valence electrons. The average molecular weight is 424 g/mol. The highest BCUT2D eigenvalue weighted by Gasteiger charge is 2.23. The van der Waals surface area contributed by atoms with E-state index in [-0.39, 0.29) is 13.0 Å². The van der Waals surface area contributed by atoms with E-state index in [4.69, 9.17) is 10.5 Å². The van der Waals surface area contributed by atoms with Crippen LogP contribution in [0.3, 0.4) is 0 Å². The van der Waals surface area contributed by atoms with Gasteiger partial charge in [-0.15, -0.1) is 0 Å². The van der Waals surface area contributed by atoms with E-state index in [1.807, 2.05) is 30.5 Å². The van der Waals surface area contributed by atoms with Gasteiger partial charge in [0, 0.05) is 42.8 Å². The average Bonchev–Trinajstić information content (AvgIpc) is 3.10. The number of esters is 1. The van der Waals surface area contributed by atoms with Gasteiger partial charge >= 0.3 is 5.97 Å². The Labute approximate surface area is 181 Å². The molecule has 0 aliphatic rings. The number of benzene rings is 2. The number of aliphatic hydroxyl groups is 1. The second kappa shape index (κ2) is 8.81. The molecule has 0 aliphatic heterocycles. The van der Waals surface area contributed by atoms with Crippen molar-refractivity contribution in [2.45, 2.75) is 45.4 Å². The Kier molecular flexibility index (Phi) is 6.36. The van der Waals surface area contributed by atoms with E-state index >= 15 is 0 Å². The minimum atomic E-state index is -1.19. The van der Waals surface area contributed by atoms with Crippen LogP contribution in [0.2, 0.25) is 0 Å². The molecule has 0 radical (unpaired) electrons. The molecular formula is C24H29N3O4. The van der Waals surface area contributed by atoms with E-state index < -0.39 is 23.6 Å². The van der Waals surface area contributed by atoms with Crippen LogP contribution in [-0.2, 0) is 22.5 Å². The van der Waals surface area contributed by atoms with Crippen molar-refractivity contribution in [1.82, 2.24) is 9.88 Å². The Morgan fingerprint density at radius 1 is 1.16 bits per heavy atom. The number of hydrogen-bond donors (Lipinski definition) is 3. The molecule has 4 N–H and O–H groups in total. The van der Waals surface area contributed by atoms with Crippen molar-refractivity contribution in [3.05, 3.63) is 65.4 Å². The van der Waals surface area contributed by atoms with E-state index in [9.17, 15) is 14.7 Å². The summed E-state index contributed by atoms with van der Waals surface area (Å²) in [5, 5.41) is 11.5. The quantitative estimate of drug-likeness (QED) is 0.416. The largest absolute Gasteiger partial charge is 0.456 e. The maximum atomic E-state index is 12.8. The molecule has 0 fully saturated rings. The number of H-pyrrole nitrogens is 1. The summed E-state index contributed by atoms with van der Waals surface area (Å²) in [6.45, 7) is 5.55. The Hall–Kier alpha value is -3.32. The van der Waals surface area contributed by atoms with Gasteiger partial charge in [-0.05, 0) is 56.2 Å². The number of ether oxygens (including phenoxy) is 1. The lowest BCUT2D eigenvalue weighted by atomic mass is 10.0. The Bertz CT molecular complexity index is 1100. The lowest BCUT2D eigenvalue weighted by Gasteiger charge is -2.22. The lowest BCUT2D eigenvalue weighted by Crippen LogP contribution is -2.37. The molecule has 0 saturated carbocycles. The van der Waals surface area contributed by atoms with Crippen LogP contribution in [0.1, 0.15) is 42.3 Å². The van der Waals surface area contributed by atoms with Gasteiger partial charge in [-0.1, -0.05) is 18.2 Å². The summed E-state index contributed by atoms with van der Waals surface area (Å²) in [4.78, 5) is 29.7. The highest BCUT2D eigenvalue weighted by atomic mass is 16.6. The summed E-state index contributed by atoms with van der Waals surface area (Å²) in [7, 11) is 1.60. The number of nitrogens with zero attached hydrogens (tertiary/aromatic N) is 1. The maximum Gasteiger partial charge on any atom is 0.338 e. The van der Waals surface area contributed by atoms with Gasteiger partial charge in [0.1, 0.15) is 11.7 Å². The fourth-order valence-electron chi connectivity index (χ4n) is 3.39. The zero-order valence-electron chi connectivity index (χ0n) is 18.3. The minimum absolute atomic E-state index is 0.159. The van der Waals surface area contributed by atoms with Gasteiger partial charge in [0.05, 0.1) is 5.56 Å². The van der Waals surface area contributed by atoms with E-state index in [0.717, 1.165) is 16.5 Å². The topological polar surface area (TPSA) is 109 Å². The highest BCUT2D eigenvalue weighted by Crippen LogP contribution is 2.21. The first-order valence-electron chi connectivity index (χ1n) is 10.1. The number of para-hydroxylation sites is 1. The summed E-state index contributed by atoms with van der Waals surface area (Å²) >= 11 is 0. The molecule has 2 aromatic carbocycles. The van der Waals surface area contributed by atoms with Crippen LogP contribution in [0.25, 0.3) is 10.9 Å². The van der Waals surface area contributed by atoms with Crippen LogP contribution >= 0.6 is 0 Å². The van der Waals surface area contributed by atoms with Crippen molar-refractivity contribution >= 4 is 28.5 Å². The van der Waals surface area contributed by atoms with E-state index in [0.29, 0.717) is 16.8 Å². The number of hydrogen-bond acceptors (Lipinski definition) is 5. The lowest BCUT2D eigenvalue weighted by molar-refractivity contribution is -0.139. The van der Waals surface area contributed by atoms with Crippen molar-refractivity contribution in [2.24, 2.45) is 0 Å². The molecule has 1 aromatic heterocycles. The standard InChI is InChI=1S/C24H29N3O4/c1-24(2,3)31-23(30)15-9-10-19(25)17(11-15)14-27(4)22(29)21(28)12-16-13-26-20-8-6-5-7-18(16)20/h5-11,13,21,26,28H,12,14,25H2,1-4H3. The van der Waals surface area contributed by atoms with Gasteiger partial charge in [-0.25, -0.2) is 4.79 Å². The molecule has 0 spiro atoms. The molecule has 1 unspecified atom stereocenters. The van der Waals surface area contributed by atoms with Crippen LogP contribution in [0, 0.1) is 0 Å². The molecule has 3 aromatic rings. The third-order valence-electron chi connectivity index (χ3n) is 4.93. The van der Waals surface area contributed by atoms with Crippen molar-refractivity contribution in [2.75, 3.05) is 12.8 Å². The van der Waals surface area contributed by atoms with Gasteiger partial charge in [0.2, 0.25) is 0 Å². The number of fused-ring (bicyclic) bond motifs is 1.